The molecule has 3 rings (SSSR count). The van der Waals surface area contributed by atoms with Gasteiger partial charge in [-0.1, -0.05) is 35.9 Å². The summed E-state index contributed by atoms with van der Waals surface area (Å²) in [5.74, 6) is -0.146. The maximum Gasteiger partial charge on any atom is 0.267 e. The van der Waals surface area contributed by atoms with Crippen LogP contribution in [0.25, 0.3) is 11.3 Å². The Morgan fingerprint density at radius 2 is 1.72 bits per heavy atom. The van der Waals surface area contributed by atoms with Gasteiger partial charge in [0.05, 0.1) is 12.2 Å². The summed E-state index contributed by atoms with van der Waals surface area (Å²) in [4.78, 5) is 23.7. The summed E-state index contributed by atoms with van der Waals surface area (Å²) in [7, 11) is 1.59. The van der Waals surface area contributed by atoms with E-state index in [0.29, 0.717) is 22.8 Å². The first kappa shape index (κ1) is 16.9. The molecule has 6 heteroatoms. The smallest absolute Gasteiger partial charge is 0.267 e. The molecule has 0 aliphatic rings. The maximum absolute atomic E-state index is 12.1. The second kappa shape index (κ2) is 7.32. The van der Waals surface area contributed by atoms with Crippen LogP contribution in [0.4, 0.5) is 0 Å². The molecule has 0 aliphatic heterocycles. The topological polar surface area (TPSA) is 64.0 Å². The fourth-order valence-electron chi connectivity index (χ4n) is 2.42. The molecule has 0 saturated carbocycles. The molecule has 0 saturated heterocycles. The summed E-state index contributed by atoms with van der Waals surface area (Å²) in [6, 6.07) is 17.5. The lowest BCUT2D eigenvalue weighted by molar-refractivity contribution is 0.0963. The quantitative estimate of drug-likeness (QED) is 0.784. The molecule has 0 fully saturated rings. The highest BCUT2D eigenvalue weighted by Gasteiger charge is 2.07. The Kier molecular flexibility index (Phi) is 4.95. The minimum atomic E-state index is -0.180. The van der Waals surface area contributed by atoms with Gasteiger partial charge in [-0.15, -0.1) is 0 Å². The molecule has 5 nitrogen and oxygen atoms in total. The van der Waals surface area contributed by atoms with Crippen molar-refractivity contribution in [3.8, 4) is 11.3 Å². The highest BCUT2D eigenvalue weighted by Crippen LogP contribution is 2.17. The molecular weight excluding hydrogens is 338 g/mol. The molecule has 0 radical (unpaired) electrons. The number of rotatable bonds is 4. The molecule has 0 atom stereocenters. The number of carbonyl (C=O) groups excluding carboxylic acids is 1. The fraction of sp³-hybridized carbons (Fsp3) is 0.105. The third-order valence-electron chi connectivity index (χ3n) is 3.78. The van der Waals surface area contributed by atoms with Crippen LogP contribution in [0.3, 0.4) is 0 Å². The van der Waals surface area contributed by atoms with Crippen LogP contribution >= 0.6 is 11.6 Å². The average molecular weight is 354 g/mol. The van der Waals surface area contributed by atoms with Crippen LogP contribution in [0.5, 0.6) is 0 Å². The monoisotopic (exact) mass is 353 g/mol. The van der Waals surface area contributed by atoms with Gasteiger partial charge >= 0.3 is 0 Å². The molecule has 0 unspecified atom stereocenters. The van der Waals surface area contributed by atoms with E-state index in [0.717, 1.165) is 11.1 Å². The van der Waals surface area contributed by atoms with E-state index in [4.69, 9.17) is 11.6 Å². The lowest BCUT2D eigenvalue weighted by Gasteiger charge is -2.08. The van der Waals surface area contributed by atoms with Gasteiger partial charge in [0.25, 0.3) is 11.5 Å². The summed E-state index contributed by atoms with van der Waals surface area (Å²) in [5, 5.41) is 7.65. The van der Waals surface area contributed by atoms with E-state index in [1.807, 2.05) is 24.3 Å². The van der Waals surface area contributed by atoms with Crippen LogP contribution in [0.15, 0.2) is 65.5 Å². The molecular formula is C19H16ClN3O2. The van der Waals surface area contributed by atoms with E-state index in [1.54, 1.807) is 37.4 Å². The van der Waals surface area contributed by atoms with Crippen molar-refractivity contribution in [1.29, 1.82) is 0 Å². The van der Waals surface area contributed by atoms with Crippen molar-refractivity contribution in [3.63, 3.8) is 0 Å². The van der Waals surface area contributed by atoms with Crippen molar-refractivity contribution < 1.29 is 4.79 Å². The van der Waals surface area contributed by atoms with Gasteiger partial charge in [-0.2, -0.15) is 5.10 Å². The Balaban J connectivity index is 1.89. The second-order valence-corrected chi connectivity index (χ2v) is 5.93. The largest absolute Gasteiger partial charge is 0.355 e. The van der Waals surface area contributed by atoms with Crippen molar-refractivity contribution in [2.24, 2.45) is 0 Å². The standard InChI is InChI=1S/C19H16ClN3O2/c1-21-19(25)15-6-4-14(5-7-15)17-10-11-18(24)23(22-17)12-13-2-8-16(20)9-3-13/h2-11H,12H2,1H3,(H,21,25). The van der Waals surface area contributed by atoms with E-state index in [9.17, 15) is 9.59 Å². The van der Waals surface area contributed by atoms with Crippen molar-refractivity contribution in [3.05, 3.63) is 87.2 Å². The number of carbonyl (C=O) groups is 1. The Morgan fingerprint density at radius 3 is 2.36 bits per heavy atom. The third-order valence-corrected chi connectivity index (χ3v) is 4.03. The predicted octanol–water partition coefficient (Wildman–Crippen LogP) is 2.97. The van der Waals surface area contributed by atoms with Gasteiger partial charge in [0.15, 0.2) is 0 Å². The Bertz CT molecular complexity index is 948. The van der Waals surface area contributed by atoms with Crippen LogP contribution in [-0.4, -0.2) is 22.7 Å². The van der Waals surface area contributed by atoms with E-state index < -0.39 is 0 Å². The van der Waals surface area contributed by atoms with E-state index in [1.165, 1.54) is 10.7 Å². The third kappa shape index (κ3) is 3.95. The first-order valence-electron chi connectivity index (χ1n) is 7.72. The van der Waals surface area contributed by atoms with Gasteiger partial charge in [-0.25, -0.2) is 4.68 Å². The lowest BCUT2D eigenvalue weighted by Crippen LogP contribution is -2.22. The Hall–Kier alpha value is -2.92. The fourth-order valence-corrected chi connectivity index (χ4v) is 2.54. The average Bonchev–Trinajstić information content (AvgIpc) is 2.65. The number of aromatic nitrogens is 2. The van der Waals surface area contributed by atoms with Gasteiger partial charge in [-0.05, 0) is 35.9 Å². The van der Waals surface area contributed by atoms with Crippen LogP contribution in [0.1, 0.15) is 15.9 Å². The Labute approximate surface area is 149 Å². The van der Waals surface area contributed by atoms with Crippen molar-refractivity contribution >= 4 is 17.5 Å². The number of nitrogens with zero attached hydrogens (tertiary/aromatic N) is 2. The van der Waals surface area contributed by atoms with Crippen LogP contribution in [0.2, 0.25) is 5.02 Å². The van der Waals surface area contributed by atoms with Crippen molar-refractivity contribution in [1.82, 2.24) is 15.1 Å². The highest BCUT2D eigenvalue weighted by atomic mass is 35.5. The minimum Gasteiger partial charge on any atom is -0.355 e. The van der Waals surface area contributed by atoms with Gasteiger partial charge in [-0.3, -0.25) is 9.59 Å². The van der Waals surface area contributed by atoms with E-state index in [2.05, 4.69) is 10.4 Å². The summed E-state index contributed by atoms with van der Waals surface area (Å²) in [6.07, 6.45) is 0. The molecule has 2 aromatic carbocycles. The van der Waals surface area contributed by atoms with Gasteiger partial charge in [0, 0.05) is 29.3 Å². The molecule has 3 aromatic rings. The van der Waals surface area contributed by atoms with E-state index >= 15 is 0 Å². The predicted molar refractivity (Wildman–Crippen MR) is 97.9 cm³/mol. The zero-order valence-electron chi connectivity index (χ0n) is 13.6. The van der Waals surface area contributed by atoms with Crippen LogP contribution in [0, 0.1) is 0 Å². The van der Waals surface area contributed by atoms with Crippen LogP contribution < -0.4 is 10.9 Å². The summed E-state index contributed by atoms with van der Waals surface area (Å²) in [6.45, 7) is 0.361. The first-order chi connectivity index (χ1) is 12.1. The summed E-state index contributed by atoms with van der Waals surface area (Å²) < 4.78 is 1.41. The van der Waals surface area contributed by atoms with Crippen molar-refractivity contribution in [2.45, 2.75) is 6.54 Å². The number of benzene rings is 2. The van der Waals surface area contributed by atoms with Crippen LogP contribution in [-0.2, 0) is 6.54 Å². The molecule has 1 N–H and O–H groups in total. The molecule has 1 amide bonds. The molecule has 0 spiro atoms. The number of halogens is 1. The lowest BCUT2D eigenvalue weighted by atomic mass is 10.1. The SMILES string of the molecule is CNC(=O)c1ccc(-c2ccc(=O)n(Cc3ccc(Cl)cc3)n2)cc1. The van der Waals surface area contributed by atoms with E-state index in [-0.39, 0.29) is 11.5 Å². The zero-order valence-corrected chi connectivity index (χ0v) is 14.3. The van der Waals surface area contributed by atoms with Gasteiger partial charge in [0.1, 0.15) is 0 Å². The van der Waals surface area contributed by atoms with Gasteiger partial charge < -0.3 is 5.32 Å². The first-order valence-corrected chi connectivity index (χ1v) is 8.10. The summed E-state index contributed by atoms with van der Waals surface area (Å²) in [5.41, 5.74) is 2.82. The molecule has 1 heterocycles. The molecule has 0 aliphatic carbocycles. The highest BCUT2D eigenvalue weighted by molar-refractivity contribution is 6.30. The molecule has 126 valence electrons. The molecule has 25 heavy (non-hydrogen) atoms. The van der Waals surface area contributed by atoms with Gasteiger partial charge in [0.2, 0.25) is 0 Å². The number of hydrogen-bond acceptors (Lipinski definition) is 3. The molecule has 0 bridgehead atoms. The normalized spacial score (nSPS) is 10.5. The zero-order chi connectivity index (χ0) is 17.8. The number of hydrogen-bond donors (Lipinski definition) is 1. The molecule has 1 aromatic heterocycles. The second-order valence-electron chi connectivity index (χ2n) is 5.50. The van der Waals surface area contributed by atoms with Crippen molar-refractivity contribution in [2.75, 3.05) is 7.05 Å². The number of amides is 1. The Morgan fingerprint density at radius 1 is 1.04 bits per heavy atom. The minimum absolute atomic E-state index is 0.146. The summed E-state index contributed by atoms with van der Waals surface area (Å²) >= 11 is 5.88. The maximum atomic E-state index is 12.1. The number of nitrogens with one attached hydrogen (secondary N) is 1.